The number of thioether (sulfide) groups is 2. The third kappa shape index (κ3) is 6.52. The van der Waals surface area contributed by atoms with Gasteiger partial charge in [0.15, 0.2) is 10.8 Å². The molecule has 0 radical (unpaired) electrons. The number of carboxylic acid groups (broad SMARTS) is 2. The average Bonchev–Trinajstić information content (AvgIpc) is 3.36. The Hall–Kier alpha value is -4.10. The molecule has 0 aliphatic carbocycles. The third-order valence-corrected chi connectivity index (χ3v) is 9.22. The van der Waals surface area contributed by atoms with Crippen LogP contribution in [-0.2, 0) is 31.1 Å². The molecule has 2 aromatic rings. The highest BCUT2D eigenvalue weighted by atomic mass is 32.2. The number of anilines is 3. The van der Waals surface area contributed by atoms with Crippen molar-refractivity contribution in [1.82, 2.24) is 20.2 Å². The summed E-state index contributed by atoms with van der Waals surface area (Å²) < 4.78 is 1.78. The number of hydrogen-bond acceptors (Lipinski definition) is 14. The van der Waals surface area contributed by atoms with Crippen molar-refractivity contribution < 1.29 is 38.8 Å². The van der Waals surface area contributed by atoms with Crippen LogP contribution in [0.2, 0.25) is 0 Å². The van der Waals surface area contributed by atoms with Gasteiger partial charge in [0.05, 0.1) is 19.5 Å². The van der Waals surface area contributed by atoms with Gasteiger partial charge >= 0.3 is 17.1 Å². The summed E-state index contributed by atoms with van der Waals surface area (Å²) in [5.74, 6) is -2.26. The van der Waals surface area contributed by atoms with Crippen LogP contribution in [0, 0.1) is 0 Å². The highest BCUT2D eigenvalue weighted by Crippen LogP contribution is 2.41. The Morgan fingerprint density at radius 3 is 2.69 bits per heavy atom. The van der Waals surface area contributed by atoms with E-state index in [-0.39, 0.29) is 34.4 Å². The quantitative estimate of drug-likeness (QED) is 0.0436. The minimum atomic E-state index is -1.27. The monoisotopic (exact) mass is 638 g/mol. The number of carbonyl (C=O) groups is 4. The molecule has 0 bridgehead atoms. The Morgan fingerprint density at radius 2 is 2.07 bits per heavy atom. The summed E-state index contributed by atoms with van der Waals surface area (Å²) in [6, 6.07) is 0.623. The summed E-state index contributed by atoms with van der Waals surface area (Å²) in [5, 5.41) is 29.9. The van der Waals surface area contributed by atoms with Crippen LogP contribution in [0.5, 0.6) is 0 Å². The lowest BCUT2D eigenvalue weighted by atomic mass is 10.0. The predicted molar refractivity (Wildman–Crippen MR) is 156 cm³/mol. The van der Waals surface area contributed by atoms with Gasteiger partial charge in [0.25, 0.3) is 11.8 Å². The van der Waals surface area contributed by atoms with Crippen molar-refractivity contribution >= 4 is 81.1 Å². The fraction of sp³-hybridized carbons (Fsp3) is 0.391. The molecule has 0 saturated carbocycles. The zero-order valence-electron chi connectivity index (χ0n) is 22.6. The molecule has 224 valence electrons. The van der Waals surface area contributed by atoms with Crippen LogP contribution in [0.3, 0.4) is 0 Å². The zero-order chi connectivity index (χ0) is 30.7. The van der Waals surface area contributed by atoms with E-state index in [4.69, 9.17) is 21.4 Å². The Morgan fingerprint density at radius 1 is 1.33 bits per heavy atom. The van der Waals surface area contributed by atoms with E-state index in [9.17, 15) is 24.3 Å². The number of nitrogens with two attached hydrogens (primary N) is 2. The average molecular weight is 639 g/mol. The standard InChI is InChI=1S/C23H27N9O7S3/c1-9(4-14(33)34)39-30-15(11-8-41-22(25)27-11)18(35)29-16-19(36)32-17(21(37)38)10(6-40-20(16)32)7-42-23-28-12(24)5-13(26-2)31(23)3/h5,8-9,16,20H,4,6-7H2,1-3H3,(H7,24,25,26,27,29,33,34,35,37,38)/p+1/b30-15-/t9?,16?,20-/m1/s1. The number of nitrogens with zero attached hydrogens (tertiary/aromatic N) is 5. The maximum atomic E-state index is 13.2. The molecule has 4 rings (SSSR count). The lowest BCUT2D eigenvalue weighted by Crippen LogP contribution is -2.71. The molecule has 2 unspecified atom stereocenters. The van der Waals surface area contributed by atoms with Crippen molar-refractivity contribution in [2.24, 2.45) is 12.2 Å². The van der Waals surface area contributed by atoms with E-state index in [0.717, 1.165) is 22.1 Å². The maximum absolute atomic E-state index is 13.2. The first kappa shape index (κ1) is 30.8. The van der Waals surface area contributed by atoms with Crippen molar-refractivity contribution in [3.8, 4) is 0 Å². The molecule has 8 N–H and O–H groups in total. The molecule has 1 fully saturated rings. The van der Waals surface area contributed by atoms with Gasteiger partial charge in [-0.05, 0) is 24.3 Å². The van der Waals surface area contributed by atoms with Crippen LogP contribution < -0.4 is 26.7 Å². The molecule has 42 heavy (non-hydrogen) atoms. The molecule has 0 spiro atoms. The molecule has 3 atom stereocenters. The number of carboxylic acids is 2. The minimum Gasteiger partial charge on any atom is -0.481 e. The number of aliphatic carboxylic acids is 2. The first-order chi connectivity index (χ1) is 19.9. The van der Waals surface area contributed by atoms with E-state index >= 15 is 0 Å². The van der Waals surface area contributed by atoms with Gasteiger partial charge in [-0.1, -0.05) is 10.1 Å². The van der Waals surface area contributed by atoms with E-state index in [1.165, 1.54) is 35.8 Å². The molecule has 19 heteroatoms. The largest absolute Gasteiger partial charge is 0.481 e. The van der Waals surface area contributed by atoms with Crippen molar-refractivity contribution in [3.63, 3.8) is 0 Å². The summed E-state index contributed by atoms with van der Waals surface area (Å²) in [6.45, 7) is 1.46. The SMILES string of the molecule is CNc1cc(N)nc(SCC2=C(C(=O)O)N3C(=O)C(NC(=O)/C(=N\OC(C)CC(=O)O)c4csc(N)n4)[C@H]3SC2)[n+]1C. The topological polar surface area (TPSA) is 239 Å². The molecule has 2 aliphatic heterocycles. The van der Waals surface area contributed by atoms with Crippen LogP contribution in [-0.4, -0.2) is 90.6 Å². The van der Waals surface area contributed by atoms with Gasteiger partial charge in [-0.3, -0.25) is 19.3 Å². The van der Waals surface area contributed by atoms with E-state index in [0.29, 0.717) is 22.3 Å². The van der Waals surface area contributed by atoms with E-state index in [1.54, 1.807) is 24.7 Å². The number of hydrogen-bond donors (Lipinski definition) is 6. The fourth-order valence-corrected chi connectivity index (χ4v) is 7.14. The number of rotatable bonds is 12. The smallest absolute Gasteiger partial charge is 0.352 e. The number of fused-ring (bicyclic) bond motifs is 1. The summed E-state index contributed by atoms with van der Waals surface area (Å²) in [5.41, 5.74) is 11.7. The van der Waals surface area contributed by atoms with Crippen molar-refractivity contribution in [1.29, 1.82) is 0 Å². The zero-order valence-corrected chi connectivity index (χ0v) is 25.0. The van der Waals surface area contributed by atoms with Gasteiger partial charge < -0.3 is 37.2 Å². The Kier molecular flexibility index (Phi) is 9.42. The Bertz CT molecular complexity index is 1500. The lowest BCUT2D eigenvalue weighted by molar-refractivity contribution is -0.699. The first-order valence-corrected chi connectivity index (χ1v) is 15.2. The molecule has 2 aromatic heterocycles. The number of β-lactam (4-membered cyclic amide) rings is 1. The second-order valence-corrected chi connectivity index (χ2v) is 12.0. The molecule has 2 amide bonds. The number of nitrogens with one attached hydrogen (secondary N) is 2. The van der Waals surface area contributed by atoms with Crippen molar-refractivity contribution in [3.05, 3.63) is 28.4 Å². The van der Waals surface area contributed by atoms with Gasteiger partial charge in [-0.25, -0.2) is 14.3 Å². The second-order valence-electron chi connectivity index (χ2n) is 9.09. The van der Waals surface area contributed by atoms with Crippen molar-refractivity contribution in [2.75, 3.05) is 35.3 Å². The molecule has 2 aliphatic rings. The highest BCUT2D eigenvalue weighted by molar-refractivity contribution is 8.01. The molecular formula is C23H28N9O7S3+. The second kappa shape index (κ2) is 12.8. The van der Waals surface area contributed by atoms with E-state index in [2.05, 4.69) is 25.8 Å². The summed E-state index contributed by atoms with van der Waals surface area (Å²) in [6.07, 6.45) is -1.22. The summed E-state index contributed by atoms with van der Waals surface area (Å²) >= 11 is 3.63. The highest BCUT2D eigenvalue weighted by Gasteiger charge is 2.54. The van der Waals surface area contributed by atoms with Gasteiger partial charge in [0.2, 0.25) is 11.6 Å². The molecule has 0 aromatic carbocycles. The summed E-state index contributed by atoms with van der Waals surface area (Å²) in [7, 11) is 3.53. The number of amides is 2. The first-order valence-electron chi connectivity index (χ1n) is 12.3. The van der Waals surface area contributed by atoms with E-state index in [1.807, 2.05) is 0 Å². The van der Waals surface area contributed by atoms with Gasteiger partial charge in [0, 0.05) is 23.9 Å². The third-order valence-electron chi connectivity index (χ3n) is 6.09. The van der Waals surface area contributed by atoms with Crippen LogP contribution in [0.4, 0.5) is 16.8 Å². The maximum Gasteiger partial charge on any atom is 0.352 e. The number of oxime groups is 1. The molecular weight excluding hydrogens is 611 g/mol. The van der Waals surface area contributed by atoms with Gasteiger partial charge in [-0.15, -0.1) is 23.1 Å². The molecule has 4 heterocycles. The number of thiazole rings is 1. The Labute approximate surface area is 251 Å². The van der Waals surface area contributed by atoms with Gasteiger partial charge in [-0.2, -0.15) is 0 Å². The van der Waals surface area contributed by atoms with Crippen LogP contribution in [0.1, 0.15) is 19.0 Å². The summed E-state index contributed by atoms with van der Waals surface area (Å²) in [4.78, 5) is 64.3. The molecule has 16 nitrogen and oxygen atoms in total. The van der Waals surface area contributed by atoms with Crippen molar-refractivity contribution in [2.45, 2.75) is 36.0 Å². The van der Waals surface area contributed by atoms with Crippen LogP contribution in [0.15, 0.2) is 33.0 Å². The predicted octanol–water partition coefficient (Wildman–Crippen LogP) is -0.316. The minimum absolute atomic E-state index is 0.0765. The van der Waals surface area contributed by atoms with E-state index < -0.39 is 41.3 Å². The van der Waals surface area contributed by atoms with Gasteiger partial charge in [0.1, 0.15) is 28.9 Å². The number of nitrogen functional groups attached to an aromatic ring is 2. The molecule has 1 saturated heterocycles. The van der Waals surface area contributed by atoms with Crippen LogP contribution >= 0.6 is 34.9 Å². The number of aromatic nitrogens is 3. The normalized spacial score (nSPS) is 19.1. The lowest BCUT2D eigenvalue weighted by Gasteiger charge is -2.49. The Balaban J connectivity index is 1.51. The van der Waals surface area contributed by atoms with Crippen LogP contribution in [0.25, 0.3) is 0 Å². The fourth-order valence-electron chi connectivity index (χ4n) is 4.11. The number of carbonyl (C=O) groups excluding carboxylic acids is 2.